The average molecular weight is 682 g/mol. The molecule has 0 saturated heterocycles. The fraction of sp³-hybridized carbons (Fsp3) is 0.250. The van der Waals surface area contributed by atoms with Crippen LogP contribution in [-0.4, -0.2) is 22.5 Å². The van der Waals surface area contributed by atoms with Gasteiger partial charge in [0.25, 0.3) is 5.56 Å². The number of hydrogen-bond acceptors (Lipinski definition) is 5. The monoisotopic (exact) mass is 679 g/mol. The number of benzene rings is 3. The van der Waals surface area contributed by atoms with Gasteiger partial charge in [0.2, 0.25) is 0 Å². The highest BCUT2D eigenvalue weighted by atomic mass is 79.9. The van der Waals surface area contributed by atoms with E-state index in [2.05, 4.69) is 37.0 Å². The van der Waals surface area contributed by atoms with E-state index < -0.39 is 5.41 Å². The van der Waals surface area contributed by atoms with Crippen molar-refractivity contribution in [1.82, 2.24) is 9.66 Å². The van der Waals surface area contributed by atoms with E-state index in [0.29, 0.717) is 54.9 Å². The number of fused-ring (bicyclic) bond motifs is 1. The average Bonchev–Trinajstić information content (AvgIpc) is 2.86. The Morgan fingerprint density at radius 1 is 1.05 bits per heavy atom. The van der Waals surface area contributed by atoms with E-state index in [1.165, 1.54) is 4.68 Å². The van der Waals surface area contributed by atoms with Crippen LogP contribution in [0.2, 0.25) is 10.0 Å². The van der Waals surface area contributed by atoms with Gasteiger partial charge in [-0.3, -0.25) is 4.79 Å². The van der Waals surface area contributed by atoms with E-state index in [9.17, 15) is 4.79 Å². The Bertz CT molecular complexity index is 1580. The zero-order valence-corrected chi connectivity index (χ0v) is 25.9. The number of aromatic nitrogens is 2. The van der Waals surface area contributed by atoms with Crippen LogP contribution in [0, 0.1) is 0 Å². The Labute approximate surface area is 247 Å². The minimum absolute atomic E-state index is 0.271. The summed E-state index contributed by atoms with van der Waals surface area (Å²) in [5, 5.41) is 6.00. The smallest absolute Gasteiger partial charge is 0.282 e. The first kappa shape index (κ1) is 28.6. The minimum Gasteiger partial charge on any atom is -0.490 e. The topological polar surface area (TPSA) is 65.7 Å². The summed E-state index contributed by atoms with van der Waals surface area (Å²) in [4.78, 5) is 18.2. The molecule has 1 aromatic heterocycles. The van der Waals surface area contributed by atoms with Crippen LogP contribution >= 0.6 is 55.1 Å². The summed E-state index contributed by atoms with van der Waals surface area (Å²) >= 11 is 19.7. The molecule has 0 aliphatic heterocycles. The summed E-state index contributed by atoms with van der Waals surface area (Å²) in [5.74, 6) is 1.39. The Hall–Kier alpha value is -2.39. The molecule has 4 aromatic rings. The predicted octanol–water partition coefficient (Wildman–Crippen LogP) is 8.39. The number of rotatable bonds is 7. The van der Waals surface area contributed by atoms with Gasteiger partial charge in [0, 0.05) is 24.9 Å². The maximum absolute atomic E-state index is 13.5. The van der Waals surface area contributed by atoms with Crippen LogP contribution in [0.4, 0.5) is 0 Å². The van der Waals surface area contributed by atoms with E-state index in [4.69, 9.17) is 37.7 Å². The molecule has 0 unspecified atom stereocenters. The summed E-state index contributed by atoms with van der Waals surface area (Å²) in [6.45, 7) is 8.51. The standard InChI is InChI=1S/C28H25Br2Cl2N3O3/c1-5-37-22-12-17(23(30)24(32)25(22)38-15-16-6-9-19(31)10-7-16)14-33-35-26(36)20-13-18(29)8-11-21(20)34-27(35)28(2,3)4/h6-14H,5,15H2,1-4H3. The molecule has 0 spiro atoms. The second-order valence-corrected chi connectivity index (χ2v) is 12.0. The van der Waals surface area contributed by atoms with Gasteiger partial charge in [-0.05, 0) is 64.8 Å². The van der Waals surface area contributed by atoms with Crippen LogP contribution in [0.5, 0.6) is 11.5 Å². The highest BCUT2D eigenvalue weighted by molar-refractivity contribution is 9.10. The van der Waals surface area contributed by atoms with Crippen LogP contribution in [0.25, 0.3) is 10.9 Å². The fourth-order valence-corrected chi connectivity index (χ4v) is 4.83. The molecule has 10 heteroatoms. The molecular weight excluding hydrogens is 657 g/mol. The summed E-state index contributed by atoms with van der Waals surface area (Å²) in [5.41, 5.74) is 1.44. The minimum atomic E-state index is -0.442. The molecule has 38 heavy (non-hydrogen) atoms. The summed E-state index contributed by atoms with van der Waals surface area (Å²) in [6.07, 6.45) is 1.56. The van der Waals surface area contributed by atoms with E-state index in [-0.39, 0.29) is 12.2 Å². The van der Waals surface area contributed by atoms with Gasteiger partial charge in [0.1, 0.15) is 17.5 Å². The van der Waals surface area contributed by atoms with Crippen molar-refractivity contribution in [2.45, 2.75) is 39.7 Å². The van der Waals surface area contributed by atoms with Crippen LogP contribution in [0.15, 0.2) is 67.4 Å². The third kappa shape index (κ3) is 6.25. The number of nitrogens with zero attached hydrogens (tertiary/aromatic N) is 3. The number of halogens is 4. The van der Waals surface area contributed by atoms with E-state index in [1.54, 1.807) is 30.5 Å². The molecule has 1 heterocycles. The van der Waals surface area contributed by atoms with Crippen molar-refractivity contribution in [3.05, 3.63) is 94.8 Å². The Morgan fingerprint density at radius 3 is 2.42 bits per heavy atom. The maximum atomic E-state index is 13.5. The van der Waals surface area contributed by atoms with E-state index in [1.807, 2.05) is 52.0 Å². The highest BCUT2D eigenvalue weighted by Crippen LogP contribution is 2.42. The first-order chi connectivity index (χ1) is 18.0. The molecule has 0 bridgehead atoms. The predicted molar refractivity (Wildman–Crippen MR) is 161 cm³/mol. The lowest BCUT2D eigenvalue weighted by Crippen LogP contribution is -2.29. The lowest BCUT2D eigenvalue weighted by atomic mass is 9.95. The van der Waals surface area contributed by atoms with Gasteiger partial charge in [-0.2, -0.15) is 9.78 Å². The quantitative estimate of drug-likeness (QED) is 0.184. The zero-order valence-electron chi connectivity index (χ0n) is 21.2. The molecule has 6 nitrogen and oxygen atoms in total. The van der Waals surface area contributed by atoms with Crippen LogP contribution < -0.4 is 15.0 Å². The van der Waals surface area contributed by atoms with Gasteiger partial charge in [-0.25, -0.2) is 4.98 Å². The molecule has 4 rings (SSSR count). The van der Waals surface area contributed by atoms with Crippen LogP contribution in [0.3, 0.4) is 0 Å². The fourth-order valence-electron chi connectivity index (χ4n) is 3.69. The molecule has 0 aliphatic rings. The number of ether oxygens (including phenoxy) is 2. The Kier molecular flexibility index (Phi) is 8.87. The summed E-state index contributed by atoms with van der Waals surface area (Å²) in [6, 6.07) is 14.6. The van der Waals surface area contributed by atoms with Gasteiger partial charge >= 0.3 is 0 Å². The molecule has 0 radical (unpaired) electrons. The van der Waals surface area contributed by atoms with E-state index >= 15 is 0 Å². The normalized spacial score (nSPS) is 11.9. The molecule has 0 atom stereocenters. The van der Waals surface area contributed by atoms with E-state index in [0.717, 1.165) is 10.0 Å². The summed E-state index contributed by atoms with van der Waals surface area (Å²) < 4.78 is 14.6. The van der Waals surface area contributed by atoms with Gasteiger partial charge in [-0.1, -0.05) is 72.0 Å². The molecule has 0 aliphatic carbocycles. The third-order valence-electron chi connectivity index (χ3n) is 5.54. The molecule has 0 N–H and O–H groups in total. The van der Waals surface area contributed by atoms with Crippen molar-refractivity contribution >= 4 is 72.2 Å². The van der Waals surface area contributed by atoms with Crippen molar-refractivity contribution < 1.29 is 9.47 Å². The van der Waals surface area contributed by atoms with Crippen LogP contribution in [-0.2, 0) is 12.0 Å². The van der Waals surface area contributed by atoms with Crippen LogP contribution in [0.1, 0.15) is 44.6 Å². The van der Waals surface area contributed by atoms with Gasteiger partial charge in [-0.15, -0.1) is 0 Å². The zero-order chi connectivity index (χ0) is 27.6. The lowest BCUT2D eigenvalue weighted by molar-refractivity contribution is 0.269. The maximum Gasteiger partial charge on any atom is 0.282 e. The third-order valence-corrected chi connectivity index (χ3v) is 7.73. The second-order valence-electron chi connectivity index (χ2n) is 9.48. The molecule has 0 fully saturated rings. The highest BCUT2D eigenvalue weighted by Gasteiger charge is 2.23. The van der Waals surface area contributed by atoms with Crippen molar-refractivity contribution in [1.29, 1.82) is 0 Å². The second kappa shape index (κ2) is 11.8. The molecule has 0 saturated carbocycles. The van der Waals surface area contributed by atoms with Crippen molar-refractivity contribution in [2.75, 3.05) is 6.61 Å². The molecular formula is C28H25Br2Cl2N3O3. The first-order valence-electron chi connectivity index (χ1n) is 11.8. The molecule has 198 valence electrons. The van der Waals surface area contributed by atoms with Crippen molar-refractivity contribution in [3.63, 3.8) is 0 Å². The number of hydrogen-bond donors (Lipinski definition) is 0. The Morgan fingerprint density at radius 2 is 1.76 bits per heavy atom. The van der Waals surface area contributed by atoms with Gasteiger partial charge in [0.05, 0.1) is 23.7 Å². The summed E-state index contributed by atoms with van der Waals surface area (Å²) in [7, 11) is 0. The van der Waals surface area contributed by atoms with Crippen molar-refractivity contribution in [3.8, 4) is 11.5 Å². The van der Waals surface area contributed by atoms with Gasteiger partial charge in [0.15, 0.2) is 11.5 Å². The lowest BCUT2D eigenvalue weighted by Gasteiger charge is -2.21. The molecule has 3 aromatic carbocycles. The SMILES string of the molecule is CCOc1cc(C=Nn2c(C(C)(C)C)nc3ccc(Br)cc3c2=O)c(Br)c(Cl)c1OCc1ccc(Cl)cc1. The first-order valence-corrected chi connectivity index (χ1v) is 14.1. The van der Waals surface area contributed by atoms with Crippen molar-refractivity contribution in [2.24, 2.45) is 5.10 Å². The molecule has 0 amide bonds. The van der Waals surface area contributed by atoms with Gasteiger partial charge < -0.3 is 9.47 Å². The Balaban J connectivity index is 1.77. The largest absolute Gasteiger partial charge is 0.490 e.